The number of Topliss-reactive ketones (excluding diaryl/α,β-unsaturated/α-hetero) is 1. The molecule has 0 aromatic carbocycles. The van der Waals surface area contributed by atoms with Crippen LogP contribution in [-0.4, -0.2) is 18.4 Å². The van der Waals surface area contributed by atoms with E-state index in [2.05, 4.69) is 12.3 Å². The first kappa shape index (κ1) is 10.7. The lowest BCUT2D eigenvalue weighted by atomic mass is 10.3. The van der Waals surface area contributed by atoms with Gasteiger partial charge in [-0.2, -0.15) is 0 Å². The summed E-state index contributed by atoms with van der Waals surface area (Å²) in [4.78, 5) is 21.1. The van der Waals surface area contributed by atoms with Gasteiger partial charge in [-0.1, -0.05) is 6.58 Å². The maximum atomic E-state index is 10.7. The van der Waals surface area contributed by atoms with E-state index in [1.54, 1.807) is 6.08 Å². The van der Waals surface area contributed by atoms with Crippen LogP contribution in [0.5, 0.6) is 0 Å². The second kappa shape index (κ2) is 6.38. The first-order chi connectivity index (χ1) is 5.66. The van der Waals surface area contributed by atoms with Gasteiger partial charge in [0.25, 0.3) is 0 Å². The van der Waals surface area contributed by atoms with Crippen molar-refractivity contribution in [1.29, 1.82) is 0 Å². The minimum atomic E-state index is -0.472. The van der Waals surface area contributed by atoms with Gasteiger partial charge < -0.3 is 4.74 Å². The Morgan fingerprint density at radius 1 is 1.58 bits per heavy atom. The van der Waals surface area contributed by atoms with Crippen molar-refractivity contribution < 1.29 is 14.3 Å². The molecule has 0 heterocycles. The summed E-state index contributed by atoms with van der Waals surface area (Å²) in [5.41, 5.74) is 2.55. The van der Waals surface area contributed by atoms with Gasteiger partial charge in [-0.25, -0.2) is 0 Å². The zero-order chi connectivity index (χ0) is 9.40. The Morgan fingerprint density at radius 2 is 2.25 bits per heavy atom. The van der Waals surface area contributed by atoms with Crippen molar-refractivity contribution in [3.05, 3.63) is 18.4 Å². The van der Waals surface area contributed by atoms with E-state index in [0.29, 0.717) is 6.42 Å². The maximum Gasteiger partial charge on any atom is 0.313 e. The minimum absolute atomic E-state index is 0.141. The number of hydrogen-bond acceptors (Lipinski definition) is 3. The molecule has 0 amide bonds. The van der Waals surface area contributed by atoms with Gasteiger partial charge >= 0.3 is 5.97 Å². The van der Waals surface area contributed by atoms with Gasteiger partial charge in [0.2, 0.25) is 0 Å². The normalized spacial score (nSPS) is 8.42. The number of esters is 1. The van der Waals surface area contributed by atoms with Crippen LogP contribution >= 0.6 is 0 Å². The van der Waals surface area contributed by atoms with Crippen molar-refractivity contribution in [1.82, 2.24) is 0 Å². The highest BCUT2D eigenvalue weighted by molar-refractivity contribution is 5.94. The van der Waals surface area contributed by atoms with E-state index in [-0.39, 0.29) is 18.8 Å². The number of hydrogen-bond donors (Lipinski definition) is 0. The standard InChI is InChI=1S/C9H12O3/c1-3-4-5-6-12-9(11)7-8(2)10/h4H,1,5-7H2,2H3. The van der Waals surface area contributed by atoms with Crippen molar-refractivity contribution in [2.75, 3.05) is 6.61 Å². The van der Waals surface area contributed by atoms with Crippen LogP contribution in [0.4, 0.5) is 0 Å². The van der Waals surface area contributed by atoms with Crippen LogP contribution in [0.25, 0.3) is 0 Å². The quantitative estimate of drug-likeness (QED) is 0.268. The molecule has 12 heavy (non-hydrogen) atoms. The molecule has 0 bridgehead atoms. The van der Waals surface area contributed by atoms with Crippen molar-refractivity contribution in [2.24, 2.45) is 0 Å². The third kappa shape index (κ3) is 6.78. The highest BCUT2D eigenvalue weighted by atomic mass is 16.5. The van der Waals surface area contributed by atoms with E-state index < -0.39 is 5.97 Å². The van der Waals surface area contributed by atoms with Crippen molar-refractivity contribution in [3.63, 3.8) is 0 Å². The molecule has 0 saturated carbocycles. The lowest BCUT2D eigenvalue weighted by Crippen LogP contribution is -2.09. The van der Waals surface area contributed by atoms with Crippen LogP contribution in [0.15, 0.2) is 18.4 Å². The van der Waals surface area contributed by atoms with Gasteiger partial charge in [0.05, 0.1) is 6.61 Å². The molecule has 66 valence electrons. The summed E-state index contributed by atoms with van der Waals surface area (Å²) in [6.07, 6.45) is 2.12. The molecule has 0 aliphatic carbocycles. The number of rotatable bonds is 5. The first-order valence-electron chi connectivity index (χ1n) is 3.66. The monoisotopic (exact) mass is 168 g/mol. The second-order valence-corrected chi connectivity index (χ2v) is 2.30. The number of carbonyl (C=O) groups is 2. The minimum Gasteiger partial charge on any atom is -0.465 e. The fraction of sp³-hybridized carbons (Fsp3) is 0.444. The van der Waals surface area contributed by atoms with E-state index >= 15 is 0 Å². The Morgan fingerprint density at radius 3 is 2.75 bits per heavy atom. The molecule has 0 radical (unpaired) electrons. The third-order valence-corrected chi connectivity index (χ3v) is 1.06. The van der Waals surface area contributed by atoms with Crippen LogP contribution in [-0.2, 0) is 14.3 Å². The Hall–Kier alpha value is -1.34. The predicted octanol–water partition coefficient (Wildman–Crippen LogP) is 1.24. The number of carbonyl (C=O) groups excluding carboxylic acids is 2. The molecule has 0 atom stereocenters. The Bertz CT molecular complexity index is 212. The average Bonchev–Trinajstić information content (AvgIpc) is 1.97. The molecule has 0 aliphatic heterocycles. The summed E-state index contributed by atoms with van der Waals surface area (Å²) in [6.45, 7) is 4.99. The van der Waals surface area contributed by atoms with Crippen LogP contribution in [0.3, 0.4) is 0 Å². The van der Waals surface area contributed by atoms with Crippen LogP contribution in [0.1, 0.15) is 19.8 Å². The maximum absolute atomic E-state index is 10.7. The van der Waals surface area contributed by atoms with Gasteiger partial charge in [0.15, 0.2) is 0 Å². The van der Waals surface area contributed by atoms with E-state index in [1.165, 1.54) is 6.92 Å². The molecule has 0 aliphatic rings. The molecule has 3 heteroatoms. The first-order valence-corrected chi connectivity index (χ1v) is 3.66. The van der Waals surface area contributed by atoms with Gasteiger partial charge in [-0.15, -0.1) is 5.73 Å². The van der Waals surface area contributed by atoms with Gasteiger partial charge in [0.1, 0.15) is 12.2 Å². The fourth-order valence-corrected chi connectivity index (χ4v) is 0.588. The highest BCUT2D eigenvalue weighted by Crippen LogP contribution is 1.90. The van der Waals surface area contributed by atoms with Gasteiger partial charge in [-0.05, 0) is 13.0 Å². The summed E-state index contributed by atoms with van der Waals surface area (Å²) in [6, 6.07) is 0. The highest BCUT2D eigenvalue weighted by Gasteiger charge is 2.04. The number of ketones is 1. The Kier molecular flexibility index (Phi) is 5.66. The summed E-state index contributed by atoms with van der Waals surface area (Å²) >= 11 is 0. The van der Waals surface area contributed by atoms with Gasteiger partial charge in [-0.3, -0.25) is 9.59 Å². The van der Waals surface area contributed by atoms with E-state index in [0.717, 1.165) is 0 Å². The van der Waals surface area contributed by atoms with E-state index in [9.17, 15) is 9.59 Å². The molecule has 0 saturated heterocycles. The topological polar surface area (TPSA) is 43.4 Å². The predicted molar refractivity (Wildman–Crippen MR) is 44.6 cm³/mol. The molecule has 0 fully saturated rings. The largest absolute Gasteiger partial charge is 0.465 e. The second-order valence-electron chi connectivity index (χ2n) is 2.30. The summed E-state index contributed by atoms with van der Waals surface area (Å²) in [5, 5.41) is 0. The van der Waals surface area contributed by atoms with Crippen LogP contribution in [0, 0.1) is 0 Å². The summed E-state index contributed by atoms with van der Waals surface area (Å²) in [5.74, 6) is -0.653. The Labute approximate surface area is 71.7 Å². The van der Waals surface area contributed by atoms with E-state index in [1.807, 2.05) is 0 Å². The number of ether oxygens (including phenoxy) is 1. The molecule has 0 unspecified atom stereocenters. The SMILES string of the molecule is C=C=CCCOC(=O)CC(C)=O. The molecule has 0 aromatic rings. The molecule has 3 nitrogen and oxygen atoms in total. The fourth-order valence-electron chi connectivity index (χ4n) is 0.588. The molecule has 0 rings (SSSR count). The molecule has 0 spiro atoms. The zero-order valence-corrected chi connectivity index (χ0v) is 7.13. The third-order valence-electron chi connectivity index (χ3n) is 1.06. The summed E-state index contributed by atoms with van der Waals surface area (Å²) in [7, 11) is 0. The van der Waals surface area contributed by atoms with Crippen molar-refractivity contribution >= 4 is 11.8 Å². The smallest absolute Gasteiger partial charge is 0.313 e. The lowest BCUT2D eigenvalue weighted by molar-refractivity contribution is -0.145. The van der Waals surface area contributed by atoms with Crippen molar-refractivity contribution in [2.45, 2.75) is 19.8 Å². The van der Waals surface area contributed by atoms with Crippen molar-refractivity contribution in [3.8, 4) is 0 Å². The summed E-state index contributed by atoms with van der Waals surface area (Å²) < 4.78 is 4.70. The van der Waals surface area contributed by atoms with E-state index in [4.69, 9.17) is 4.74 Å². The van der Waals surface area contributed by atoms with Gasteiger partial charge in [0, 0.05) is 6.42 Å². The Balaban J connectivity index is 3.44. The molecule has 0 N–H and O–H groups in total. The lowest BCUT2D eigenvalue weighted by Gasteiger charge is -1.99. The molecular formula is C9H12O3. The molecular weight excluding hydrogens is 156 g/mol. The molecule has 0 aromatic heterocycles. The van der Waals surface area contributed by atoms with Crippen LogP contribution < -0.4 is 0 Å². The zero-order valence-electron chi connectivity index (χ0n) is 7.13. The average molecular weight is 168 g/mol. The van der Waals surface area contributed by atoms with Crippen LogP contribution in [0.2, 0.25) is 0 Å².